The summed E-state index contributed by atoms with van der Waals surface area (Å²) in [6.45, 7) is 5.49. The topological polar surface area (TPSA) is 20.2 Å². The van der Waals surface area contributed by atoms with Gasteiger partial charge in [-0.05, 0) is 25.5 Å². The first-order valence-corrected chi connectivity index (χ1v) is 5.29. The van der Waals surface area contributed by atoms with E-state index < -0.39 is 0 Å². The molecule has 0 aliphatic rings. The van der Waals surface area contributed by atoms with E-state index in [1.807, 2.05) is 24.8 Å². The zero-order valence-corrected chi connectivity index (χ0v) is 8.07. The van der Waals surface area contributed by atoms with Crippen LogP contribution >= 0.6 is 11.8 Å². The van der Waals surface area contributed by atoms with E-state index in [1.165, 1.54) is 12.2 Å². The van der Waals surface area contributed by atoms with Crippen molar-refractivity contribution in [2.45, 2.75) is 32.3 Å². The number of aliphatic hydroxyl groups excluding tert-OH is 1. The second kappa shape index (κ2) is 8.15. The van der Waals surface area contributed by atoms with Gasteiger partial charge in [0.15, 0.2) is 0 Å². The number of hydrogen-bond donors (Lipinski definition) is 1. The van der Waals surface area contributed by atoms with Crippen molar-refractivity contribution < 1.29 is 5.11 Å². The highest BCUT2D eigenvalue weighted by Crippen LogP contribution is 2.07. The molecular weight excluding hydrogens is 156 g/mol. The summed E-state index contributed by atoms with van der Waals surface area (Å²) in [7, 11) is 0. The van der Waals surface area contributed by atoms with Crippen molar-refractivity contribution in [1.82, 2.24) is 0 Å². The summed E-state index contributed by atoms with van der Waals surface area (Å²) in [6, 6.07) is 0. The molecule has 11 heavy (non-hydrogen) atoms. The Morgan fingerprint density at radius 2 is 2.27 bits per heavy atom. The highest BCUT2D eigenvalue weighted by molar-refractivity contribution is 7.99. The molecule has 0 aromatic carbocycles. The van der Waals surface area contributed by atoms with E-state index in [0.717, 1.165) is 18.6 Å². The minimum atomic E-state index is -0.126. The van der Waals surface area contributed by atoms with E-state index in [2.05, 4.69) is 6.58 Å². The van der Waals surface area contributed by atoms with Gasteiger partial charge in [-0.2, -0.15) is 11.8 Å². The lowest BCUT2D eigenvalue weighted by Gasteiger charge is -2.02. The molecule has 1 atom stereocenters. The third-order valence-electron chi connectivity index (χ3n) is 1.40. The summed E-state index contributed by atoms with van der Waals surface area (Å²) >= 11 is 1.91. The number of rotatable bonds is 7. The Kier molecular flexibility index (Phi) is 8.19. The Morgan fingerprint density at radius 3 is 2.82 bits per heavy atom. The Labute approximate surface area is 73.9 Å². The van der Waals surface area contributed by atoms with Crippen LogP contribution < -0.4 is 0 Å². The largest absolute Gasteiger partial charge is 0.393 e. The number of hydrogen-bond acceptors (Lipinski definition) is 2. The number of unbranched alkanes of at least 4 members (excludes halogenated alkanes) is 1. The Balaban J connectivity index is 2.85. The predicted molar refractivity (Wildman–Crippen MR) is 53.1 cm³/mol. The molecule has 66 valence electrons. The van der Waals surface area contributed by atoms with Gasteiger partial charge in [0.05, 0.1) is 6.10 Å². The van der Waals surface area contributed by atoms with E-state index >= 15 is 0 Å². The third kappa shape index (κ3) is 10.1. The summed E-state index contributed by atoms with van der Waals surface area (Å²) in [5.74, 6) is 2.24. The zero-order valence-electron chi connectivity index (χ0n) is 7.25. The Bertz CT molecular complexity index is 91.6. The monoisotopic (exact) mass is 174 g/mol. The maximum absolute atomic E-state index is 8.93. The van der Waals surface area contributed by atoms with Gasteiger partial charge in [-0.3, -0.25) is 0 Å². The lowest BCUT2D eigenvalue weighted by atomic mass is 10.2. The zero-order chi connectivity index (χ0) is 8.53. The smallest absolute Gasteiger partial charge is 0.0512 e. The van der Waals surface area contributed by atoms with E-state index in [0.29, 0.717) is 0 Å². The second-order valence-corrected chi connectivity index (χ2v) is 3.86. The van der Waals surface area contributed by atoms with Crippen LogP contribution in [0.3, 0.4) is 0 Å². The van der Waals surface area contributed by atoms with Crippen LogP contribution in [0.25, 0.3) is 0 Å². The number of thioether (sulfide) groups is 1. The fourth-order valence-corrected chi connectivity index (χ4v) is 1.55. The minimum absolute atomic E-state index is 0.126. The van der Waals surface area contributed by atoms with Gasteiger partial charge in [-0.15, -0.1) is 6.58 Å². The molecule has 0 spiro atoms. The summed E-state index contributed by atoms with van der Waals surface area (Å²) in [6.07, 6.45) is 5.10. The molecule has 1 N–H and O–H groups in total. The lowest BCUT2D eigenvalue weighted by Crippen LogP contribution is -1.98. The van der Waals surface area contributed by atoms with Gasteiger partial charge in [-0.25, -0.2) is 0 Å². The minimum Gasteiger partial charge on any atom is -0.393 e. The van der Waals surface area contributed by atoms with Crippen molar-refractivity contribution in [3.05, 3.63) is 12.7 Å². The molecule has 0 aromatic rings. The molecule has 0 fully saturated rings. The molecule has 0 heterocycles. The van der Waals surface area contributed by atoms with E-state index in [4.69, 9.17) is 5.11 Å². The highest BCUT2D eigenvalue weighted by Gasteiger charge is 1.94. The van der Waals surface area contributed by atoms with Gasteiger partial charge in [0, 0.05) is 5.75 Å². The Morgan fingerprint density at radius 1 is 1.55 bits per heavy atom. The summed E-state index contributed by atoms with van der Waals surface area (Å²) in [5, 5.41) is 8.93. The number of aliphatic hydroxyl groups is 1. The highest BCUT2D eigenvalue weighted by atomic mass is 32.2. The van der Waals surface area contributed by atoms with Crippen molar-refractivity contribution in [1.29, 1.82) is 0 Å². The molecule has 1 unspecified atom stereocenters. The average molecular weight is 174 g/mol. The molecule has 0 radical (unpaired) electrons. The van der Waals surface area contributed by atoms with E-state index in [-0.39, 0.29) is 6.10 Å². The summed E-state index contributed by atoms with van der Waals surface area (Å²) in [5.41, 5.74) is 0. The first-order valence-electron chi connectivity index (χ1n) is 4.14. The van der Waals surface area contributed by atoms with Gasteiger partial charge < -0.3 is 5.11 Å². The quantitative estimate of drug-likeness (QED) is 0.472. The lowest BCUT2D eigenvalue weighted by molar-refractivity contribution is 0.181. The van der Waals surface area contributed by atoms with Crippen molar-refractivity contribution in [3.63, 3.8) is 0 Å². The molecule has 1 nitrogen and oxygen atoms in total. The molecule has 0 rings (SSSR count). The Hall–Kier alpha value is 0.0500. The average Bonchev–Trinajstić information content (AvgIpc) is 1.96. The standard InChI is InChI=1S/C9H18OS/c1-3-7-11-8-5-4-6-9(2)10/h3,9-10H,1,4-8H2,2H3. The van der Waals surface area contributed by atoms with Crippen molar-refractivity contribution >= 4 is 11.8 Å². The SMILES string of the molecule is C=CCSCCCCC(C)O. The van der Waals surface area contributed by atoms with Crippen LogP contribution in [0.4, 0.5) is 0 Å². The summed E-state index contributed by atoms with van der Waals surface area (Å²) < 4.78 is 0. The molecule has 0 aliphatic carbocycles. The second-order valence-electron chi connectivity index (χ2n) is 2.71. The molecular formula is C9H18OS. The van der Waals surface area contributed by atoms with Crippen LogP contribution in [0.15, 0.2) is 12.7 Å². The maximum Gasteiger partial charge on any atom is 0.0512 e. The molecule has 0 aromatic heterocycles. The fourth-order valence-electron chi connectivity index (χ4n) is 0.811. The molecule has 2 heteroatoms. The first-order chi connectivity index (χ1) is 5.27. The molecule has 0 saturated heterocycles. The first kappa shape index (κ1) is 11.1. The van der Waals surface area contributed by atoms with Gasteiger partial charge in [0.25, 0.3) is 0 Å². The van der Waals surface area contributed by atoms with E-state index in [9.17, 15) is 0 Å². The molecule has 0 amide bonds. The van der Waals surface area contributed by atoms with Crippen LogP contribution in [-0.2, 0) is 0 Å². The maximum atomic E-state index is 8.93. The van der Waals surface area contributed by atoms with Crippen LogP contribution in [-0.4, -0.2) is 22.7 Å². The normalized spacial score (nSPS) is 12.9. The van der Waals surface area contributed by atoms with E-state index in [1.54, 1.807) is 0 Å². The van der Waals surface area contributed by atoms with Gasteiger partial charge in [-0.1, -0.05) is 12.5 Å². The van der Waals surface area contributed by atoms with Crippen LogP contribution in [0.1, 0.15) is 26.2 Å². The third-order valence-corrected chi connectivity index (χ3v) is 2.45. The van der Waals surface area contributed by atoms with Crippen LogP contribution in [0, 0.1) is 0 Å². The van der Waals surface area contributed by atoms with Crippen molar-refractivity contribution in [2.75, 3.05) is 11.5 Å². The van der Waals surface area contributed by atoms with Crippen molar-refractivity contribution in [2.24, 2.45) is 0 Å². The van der Waals surface area contributed by atoms with Gasteiger partial charge in [0.1, 0.15) is 0 Å². The van der Waals surface area contributed by atoms with Crippen LogP contribution in [0.5, 0.6) is 0 Å². The molecule has 0 aliphatic heterocycles. The van der Waals surface area contributed by atoms with Gasteiger partial charge >= 0.3 is 0 Å². The molecule has 0 saturated carbocycles. The van der Waals surface area contributed by atoms with Crippen LogP contribution in [0.2, 0.25) is 0 Å². The van der Waals surface area contributed by atoms with Gasteiger partial charge in [0.2, 0.25) is 0 Å². The fraction of sp³-hybridized carbons (Fsp3) is 0.778. The van der Waals surface area contributed by atoms with Crippen molar-refractivity contribution in [3.8, 4) is 0 Å². The predicted octanol–water partition coefficient (Wildman–Crippen LogP) is 2.46. The summed E-state index contributed by atoms with van der Waals surface area (Å²) in [4.78, 5) is 0. The molecule has 0 bridgehead atoms.